The normalized spacial score (nSPS) is 19.3. The summed E-state index contributed by atoms with van der Waals surface area (Å²) in [6.45, 7) is 16.3. The molecule has 2 rings (SSSR count). The zero-order valence-electron chi connectivity index (χ0n) is 15.0. The second-order valence-corrected chi connectivity index (χ2v) is 8.36. The van der Waals surface area contributed by atoms with Crippen molar-refractivity contribution < 1.29 is 5.11 Å². The van der Waals surface area contributed by atoms with Crippen molar-refractivity contribution in [1.82, 2.24) is 19.6 Å². The Balaban J connectivity index is 1.75. The van der Waals surface area contributed by atoms with Crippen LogP contribution in [0.25, 0.3) is 0 Å². The van der Waals surface area contributed by atoms with Gasteiger partial charge >= 0.3 is 0 Å². The number of β-amino-alcohol motifs (C(OH)–C–C–N with tert-alkyl or cyclic N) is 1. The Bertz CT molecular complexity index is 393. The molecule has 0 bridgehead atoms. The summed E-state index contributed by atoms with van der Waals surface area (Å²) in [5.74, 6) is 0. The van der Waals surface area contributed by atoms with E-state index < -0.39 is 0 Å². The molecule has 0 aromatic carbocycles. The number of hydrogen-bond donors (Lipinski definition) is 1. The molecule has 0 aromatic heterocycles. The van der Waals surface area contributed by atoms with Crippen LogP contribution in [0, 0.1) is 0 Å². The number of hydrogen-bond acceptors (Lipinski definition) is 5. The van der Waals surface area contributed by atoms with Gasteiger partial charge in [-0.2, -0.15) is 0 Å². The van der Waals surface area contributed by atoms with Crippen molar-refractivity contribution in [2.75, 3.05) is 26.4 Å². The van der Waals surface area contributed by atoms with Crippen molar-refractivity contribution in [3.8, 4) is 0 Å². The summed E-state index contributed by atoms with van der Waals surface area (Å²) >= 11 is 0. The Morgan fingerprint density at radius 1 is 0.773 bits per heavy atom. The summed E-state index contributed by atoms with van der Waals surface area (Å²) in [5, 5.41) is 10.4. The molecule has 0 fully saturated rings. The third-order valence-corrected chi connectivity index (χ3v) is 4.20. The largest absolute Gasteiger partial charge is 0.389 e. The highest BCUT2D eigenvalue weighted by Gasteiger charge is 2.27. The van der Waals surface area contributed by atoms with E-state index in [1.54, 1.807) is 0 Å². The molecule has 0 aliphatic carbocycles. The lowest BCUT2D eigenvalue weighted by Crippen LogP contribution is -2.44. The molecule has 0 atom stereocenters. The summed E-state index contributed by atoms with van der Waals surface area (Å²) in [4.78, 5) is 8.93. The molecule has 5 heteroatoms. The molecule has 2 aliphatic heterocycles. The predicted molar refractivity (Wildman–Crippen MR) is 90.6 cm³/mol. The molecule has 22 heavy (non-hydrogen) atoms. The van der Waals surface area contributed by atoms with Gasteiger partial charge < -0.3 is 24.7 Å². The SMILES string of the molecule is CC(C)(C)N1C=CN(CC(O)CN2C=CN(C(C)(C)C)C2)C1. The van der Waals surface area contributed by atoms with Crippen molar-refractivity contribution in [2.24, 2.45) is 0 Å². The molecule has 5 nitrogen and oxygen atoms in total. The van der Waals surface area contributed by atoms with E-state index in [1.807, 2.05) is 0 Å². The first-order chi connectivity index (χ1) is 10.1. The van der Waals surface area contributed by atoms with Gasteiger partial charge in [0, 0.05) is 49.0 Å². The van der Waals surface area contributed by atoms with Gasteiger partial charge in [-0.05, 0) is 41.5 Å². The molecule has 0 aromatic rings. The summed E-state index contributed by atoms with van der Waals surface area (Å²) in [7, 11) is 0. The highest BCUT2D eigenvalue weighted by atomic mass is 16.3. The number of rotatable bonds is 4. The second-order valence-electron chi connectivity index (χ2n) is 8.36. The molecular weight excluding hydrogens is 276 g/mol. The van der Waals surface area contributed by atoms with Gasteiger partial charge in [-0.3, -0.25) is 0 Å². The van der Waals surface area contributed by atoms with Crippen molar-refractivity contribution in [3.05, 3.63) is 24.8 Å². The highest BCUT2D eigenvalue weighted by Crippen LogP contribution is 2.21. The Morgan fingerprint density at radius 2 is 1.14 bits per heavy atom. The smallest absolute Gasteiger partial charge is 0.0899 e. The fraction of sp³-hybridized carbons (Fsp3) is 0.765. The average Bonchev–Trinajstić information content (AvgIpc) is 2.96. The van der Waals surface area contributed by atoms with Crippen LogP contribution in [0.4, 0.5) is 0 Å². The Morgan fingerprint density at radius 3 is 1.41 bits per heavy atom. The van der Waals surface area contributed by atoms with Gasteiger partial charge in [0.2, 0.25) is 0 Å². The Labute approximate surface area is 135 Å². The molecule has 2 aliphatic rings. The summed E-state index contributed by atoms with van der Waals surface area (Å²) in [6.07, 6.45) is 8.04. The zero-order valence-corrected chi connectivity index (χ0v) is 15.0. The highest BCUT2D eigenvalue weighted by molar-refractivity contribution is 4.99. The predicted octanol–water partition coefficient (Wildman–Crippen LogP) is 2.04. The van der Waals surface area contributed by atoms with Crippen LogP contribution in [0.1, 0.15) is 41.5 Å². The number of aliphatic hydroxyl groups is 1. The minimum atomic E-state index is -0.353. The van der Waals surface area contributed by atoms with Gasteiger partial charge in [-0.25, -0.2) is 0 Å². The summed E-state index contributed by atoms with van der Waals surface area (Å²) in [5.41, 5.74) is 0.252. The van der Waals surface area contributed by atoms with E-state index in [4.69, 9.17) is 0 Å². The van der Waals surface area contributed by atoms with E-state index in [0.717, 1.165) is 13.3 Å². The van der Waals surface area contributed by atoms with Crippen LogP contribution in [0.5, 0.6) is 0 Å². The molecule has 126 valence electrons. The van der Waals surface area contributed by atoms with Crippen LogP contribution in [0.2, 0.25) is 0 Å². The molecule has 0 radical (unpaired) electrons. The molecule has 1 N–H and O–H groups in total. The number of aliphatic hydroxyl groups excluding tert-OH is 1. The first kappa shape index (κ1) is 17.0. The molecule has 0 saturated heterocycles. The quantitative estimate of drug-likeness (QED) is 0.859. The van der Waals surface area contributed by atoms with E-state index in [1.165, 1.54) is 0 Å². The zero-order chi connectivity index (χ0) is 16.5. The van der Waals surface area contributed by atoms with E-state index in [0.29, 0.717) is 13.1 Å². The molecule has 0 spiro atoms. The van der Waals surface area contributed by atoms with Crippen molar-refractivity contribution in [3.63, 3.8) is 0 Å². The Hall–Kier alpha value is -1.36. The maximum Gasteiger partial charge on any atom is 0.0899 e. The van der Waals surface area contributed by atoms with Crippen LogP contribution < -0.4 is 0 Å². The maximum atomic E-state index is 10.4. The van der Waals surface area contributed by atoms with E-state index >= 15 is 0 Å². The number of nitrogens with zero attached hydrogens (tertiary/aromatic N) is 4. The van der Waals surface area contributed by atoms with Crippen molar-refractivity contribution in [1.29, 1.82) is 0 Å². The minimum absolute atomic E-state index is 0.126. The van der Waals surface area contributed by atoms with Gasteiger partial charge in [-0.1, -0.05) is 0 Å². The van der Waals surface area contributed by atoms with E-state index in [-0.39, 0.29) is 17.2 Å². The first-order valence-corrected chi connectivity index (χ1v) is 8.12. The minimum Gasteiger partial charge on any atom is -0.389 e. The van der Waals surface area contributed by atoms with E-state index in [9.17, 15) is 5.11 Å². The molecule has 0 saturated carbocycles. The van der Waals surface area contributed by atoms with E-state index in [2.05, 4.69) is 85.9 Å². The van der Waals surface area contributed by atoms with Crippen LogP contribution in [-0.2, 0) is 0 Å². The first-order valence-electron chi connectivity index (χ1n) is 8.12. The second kappa shape index (κ2) is 6.03. The van der Waals surface area contributed by atoms with Gasteiger partial charge in [-0.15, -0.1) is 0 Å². The van der Waals surface area contributed by atoms with Gasteiger partial charge in [0.05, 0.1) is 19.4 Å². The summed E-state index contributed by atoms with van der Waals surface area (Å²) in [6, 6.07) is 0. The molecule has 0 unspecified atom stereocenters. The third kappa shape index (κ3) is 4.32. The van der Waals surface area contributed by atoms with Crippen molar-refractivity contribution >= 4 is 0 Å². The fourth-order valence-corrected chi connectivity index (χ4v) is 2.64. The third-order valence-electron chi connectivity index (χ3n) is 4.20. The van der Waals surface area contributed by atoms with Gasteiger partial charge in [0.15, 0.2) is 0 Å². The fourth-order valence-electron chi connectivity index (χ4n) is 2.64. The van der Waals surface area contributed by atoms with Crippen LogP contribution in [0.15, 0.2) is 24.8 Å². The van der Waals surface area contributed by atoms with Gasteiger partial charge in [0.1, 0.15) is 0 Å². The van der Waals surface area contributed by atoms with Crippen molar-refractivity contribution in [2.45, 2.75) is 58.7 Å². The monoisotopic (exact) mass is 308 g/mol. The van der Waals surface area contributed by atoms with Crippen LogP contribution >= 0.6 is 0 Å². The summed E-state index contributed by atoms with van der Waals surface area (Å²) < 4.78 is 0. The molecule has 0 amide bonds. The maximum absolute atomic E-state index is 10.4. The standard InChI is InChI=1S/C17H32N4O/c1-16(2,3)20-9-7-18(13-20)11-15(22)12-19-8-10-21(14-19)17(4,5)6/h7-10,15,22H,11-14H2,1-6H3. The van der Waals surface area contributed by atoms with Crippen LogP contribution in [0.3, 0.4) is 0 Å². The lowest BCUT2D eigenvalue weighted by molar-refractivity contribution is 0.0715. The van der Waals surface area contributed by atoms with Gasteiger partial charge in [0.25, 0.3) is 0 Å². The lowest BCUT2D eigenvalue weighted by atomic mass is 10.1. The topological polar surface area (TPSA) is 33.2 Å². The molecule has 2 heterocycles. The Kier molecular flexibility index (Phi) is 4.66. The molecular formula is C17H32N4O. The lowest BCUT2D eigenvalue weighted by Gasteiger charge is -2.35. The van der Waals surface area contributed by atoms with Crippen LogP contribution in [-0.4, -0.2) is 68.3 Å². The average molecular weight is 308 g/mol.